The third kappa shape index (κ3) is 3.83. The summed E-state index contributed by atoms with van der Waals surface area (Å²) in [6.07, 6.45) is 0.284. The highest BCUT2D eigenvalue weighted by atomic mass is 79.9. The van der Waals surface area contributed by atoms with E-state index in [1.165, 1.54) is 4.90 Å². The third-order valence-electron chi connectivity index (χ3n) is 3.65. The van der Waals surface area contributed by atoms with E-state index >= 15 is 0 Å². The molecule has 21 heavy (non-hydrogen) atoms. The maximum absolute atomic E-state index is 12.4. The van der Waals surface area contributed by atoms with Crippen LogP contribution in [0, 0.1) is 0 Å². The number of hydrogen-bond donors (Lipinski definition) is 1. The molecule has 2 rings (SSSR count). The normalized spacial score (nSPS) is 20.1. The zero-order chi connectivity index (χ0) is 15.4. The summed E-state index contributed by atoms with van der Waals surface area (Å²) in [5, 5.41) is 9.17. The Balaban J connectivity index is 2.06. The number of hydrogen-bond acceptors (Lipinski definition) is 3. The van der Waals surface area contributed by atoms with Crippen molar-refractivity contribution in [2.24, 2.45) is 0 Å². The lowest BCUT2D eigenvalue weighted by Crippen LogP contribution is -2.52. The molecule has 1 N–H and O–H groups in total. The Bertz CT molecular complexity index is 534. The molecule has 114 valence electrons. The van der Waals surface area contributed by atoms with Crippen LogP contribution in [-0.2, 0) is 14.3 Å². The molecule has 6 heteroatoms. The van der Waals surface area contributed by atoms with Gasteiger partial charge in [-0.2, -0.15) is 0 Å². The average molecular weight is 356 g/mol. The van der Waals surface area contributed by atoms with E-state index in [0.717, 1.165) is 10.0 Å². The molecule has 0 aromatic heterocycles. The minimum Gasteiger partial charge on any atom is -0.480 e. The van der Waals surface area contributed by atoms with Crippen LogP contribution in [0.25, 0.3) is 0 Å². The number of halogens is 1. The second kappa shape index (κ2) is 7.04. The number of carbonyl (C=O) groups excluding carboxylic acids is 1. The Hall–Kier alpha value is -1.40. The van der Waals surface area contributed by atoms with Crippen molar-refractivity contribution in [1.82, 2.24) is 4.90 Å². The number of rotatable bonds is 4. The highest BCUT2D eigenvalue weighted by molar-refractivity contribution is 9.10. The average Bonchev–Trinajstić information content (AvgIpc) is 2.47. The van der Waals surface area contributed by atoms with E-state index in [2.05, 4.69) is 15.9 Å². The monoisotopic (exact) mass is 355 g/mol. The van der Waals surface area contributed by atoms with Crippen LogP contribution >= 0.6 is 15.9 Å². The van der Waals surface area contributed by atoms with Crippen molar-refractivity contribution in [3.05, 3.63) is 34.3 Å². The van der Waals surface area contributed by atoms with Gasteiger partial charge in [0.25, 0.3) is 0 Å². The Morgan fingerprint density at radius 1 is 1.48 bits per heavy atom. The zero-order valence-electron chi connectivity index (χ0n) is 11.8. The van der Waals surface area contributed by atoms with Crippen molar-refractivity contribution >= 4 is 27.8 Å². The molecule has 1 fully saturated rings. The minimum atomic E-state index is -1.02. The molecule has 1 aliphatic heterocycles. The van der Waals surface area contributed by atoms with Gasteiger partial charge in [0.05, 0.1) is 13.2 Å². The third-order valence-corrected chi connectivity index (χ3v) is 4.37. The van der Waals surface area contributed by atoms with Crippen LogP contribution in [-0.4, -0.2) is 47.7 Å². The Morgan fingerprint density at radius 2 is 2.19 bits per heavy atom. The number of benzene rings is 1. The van der Waals surface area contributed by atoms with Crippen LogP contribution in [0.4, 0.5) is 0 Å². The number of amides is 1. The lowest BCUT2D eigenvalue weighted by molar-refractivity contribution is -0.158. The van der Waals surface area contributed by atoms with E-state index in [1.807, 2.05) is 31.2 Å². The Kier molecular flexibility index (Phi) is 5.36. The number of morpholine rings is 1. The highest BCUT2D eigenvalue weighted by Gasteiger charge is 2.33. The summed E-state index contributed by atoms with van der Waals surface area (Å²) in [5.41, 5.74) is 1.05. The molecule has 0 spiro atoms. The molecule has 0 radical (unpaired) electrons. The van der Waals surface area contributed by atoms with Gasteiger partial charge in [0, 0.05) is 17.4 Å². The maximum Gasteiger partial charge on any atom is 0.328 e. The summed E-state index contributed by atoms with van der Waals surface area (Å²) in [6, 6.07) is 6.87. The van der Waals surface area contributed by atoms with Gasteiger partial charge in [-0.25, -0.2) is 4.79 Å². The zero-order valence-corrected chi connectivity index (χ0v) is 13.4. The first-order valence-electron chi connectivity index (χ1n) is 6.85. The summed E-state index contributed by atoms with van der Waals surface area (Å²) in [7, 11) is 0. The van der Waals surface area contributed by atoms with E-state index in [0.29, 0.717) is 13.2 Å². The Morgan fingerprint density at radius 3 is 2.86 bits per heavy atom. The fraction of sp³-hybridized carbons (Fsp3) is 0.467. The van der Waals surface area contributed by atoms with Gasteiger partial charge >= 0.3 is 5.97 Å². The van der Waals surface area contributed by atoms with E-state index in [4.69, 9.17) is 4.74 Å². The van der Waals surface area contributed by atoms with Crippen LogP contribution in [0.1, 0.15) is 24.8 Å². The number of nitrogens with zero attached hydrogens (tertiary/aromatic N) is 1. The largest absolute Gasteiger partial charge is 0.480 e. The lowest BCUT2D eigenvalue weighted by atomic mass is 9.97. The number of carboxylic acids is 1. The van der Waals surface area contributed by atoms with Crippen LogP contribution in [0.5, 0.6) is 0 Å². The molecule has 0 aliphatic carbocycles. The molecule has 1 aromatic carbocycles. The molecule has 1 heterocycles. The molecule has 0 bridgehead atoms. The summed E-state index contributed by atoms with van der Waals surface area (Å²) < 4.78 is 6.11. The number of carbonyl (C=O) groups is 2. The van der Waals surface area contributed by atoms with Crippen molar-refractivity contribution in [3.8, 4) is 0 Å². The van der Waals surface area contributed by atoms with Crippen molar-refractivity contribution < 1.29 is 19.4 Å². The van der Waals surface area contributed by atoms with Gasteiger partial charge < -0.3 is 14.7 Å². The predicted molar refractivity (Wildman–Crippen MR) is 81.1 cm³/mol. The van der Waals surface area contributed by atoms with Gasteiger partial charge in [0.1, 0.15) is 0 Å². The van der Waals surface area contributed by atoms with Crippen LogP contribution in [0.3, 0.4) is 0 Å². The van der Waals surface area contributed by atoms with Gasteiger partial charge in [0.2, 0.25) is 5.91 Å². The fourth-order valence-electron chi connectivity index (χ4n) is 2.47. The first-order chi connectivity index (χ1) is 10.0. The molecule has 2 atom stereocenters. The number of carboxylic acid groups (broad SMARTS) is 1. The van der Waals surface area contributed by atoms with Crippen LogP contribution < -0.4 is 0 Å². The van der Waals surface area contributed by atoms with Crippen molar-refractivity contribution in [1.29, 1.82) is 0 Å². The topological polar surface area (TPSA) is 66.8 Å². The second-order valence-corrected chi connectivity index (χ2v) is 6.00. The molecule has 1 aliphatic rings. The first kappa shape index (κ1) is 16.0. The molecular weight excluding hydrogens is 338 g/mol. The molecule has 1 saturated heterocycles. The SMILES string of the molecule is C[C@H](CC(=O)N1CCOC[C@@H]1C(=O)O)c1ccccc1Br. The summed E-state index contributed by atoms with van der Waals surface area (Å²) in [6.45, 7) is 2.75. The van der Waals surface area contributed by atoms with Gasteiger partial charge in [0.15, 0.2) is 6.04 Å². The van der Waals surface area contributed by atoms with E-state index in [1.54, 1.807) is 0 Å². The van der Waals surface area contributed by atoms with Crippen molar-refractivity contribution in [2.45, 2.75) is 25.3 Å². The van der Waals surface area contributed by atoms with Gasteiger partial charge in [-0.1, -0.05) is 41.1 Å². The molecule has 1 aromatic rings. The van der Waals surface area contributed by atoms with E-state index in [-0.39, 0.29) is 24.9 Å². The van der Waals surface area contributed by atoms with Gasteiger partial charge in [-0.3, -0.25) is 4.79 Å². The van der Waals surface area contributed by atoms with Gasteiger partial charge in [-0.15, -0.1) is 0 Å². The molecular formula is C15H18BrNO4. The van der Waals surface area contributed by atoms with Crippen molar-refractivity contribution in [3.63, 3.8) is 0 Å². The standard InChI is InChI=1S/C15H18BrNO4/c1-10(11-4-2-3-5-12(11)16)8-14(18)17-6-7-21-9-13(17)15(19)20/h2-5,10,13H,6-9H2,1H3,(H,19,20)/t10-,13-/m1/s1. The number of aliphatic carboxylic acids is 1. The number of ether oxygens (including phenoxy) is 1. The maximum atomic E-state index is 12.4. The van der Waals surface area contributed by atoms with Crippen LogP contribution in [0.15, 0.2) is 28.7 Å². The predicted octanol–water partition coefficient (Wildman–Crippen LogP) is 2.25. The molecule has 5 nitrogen and oxygen atoms in total. The first-order valence-corrected chi connectivity index (χ1v) is 7.64. The summed E-state index contributed by atoms with van der Waals surface area (Å²) in [5.74, 6) is -1.14. The van der Waals surface area contributed by atoms with Gasteiger partial charge in [-0.05, 0) is 17.5 Å². The molecule has 1 amide bonds. The van der Waals surface area contributed by atoms with E-state index in [9.17, 15) is 14.7 Å². The smallest absolute Gasteiger partial charge is 0.328 e. The Labute approximate surface area is 132 Å². The molecule has 0 unspecified atom stereocenters. The minimum absolute atomic E-state index is 0.0189. The quantitative estimate of drug-likeness (QED) is 0.899. The fourth-order valence-corrected chi connectivity index (χ4v) is 3.15. The van der Waals surface area contributed by atoms with Crippen molar-refractivity contribution in [2.75, 3.05) is 19.8 Å². The second-order valence-electron chi connectivity index (χ2n) is 5.14. The lowest BCUT2D eigenvalue weighted by Gasteiger charge is -2.33. The highest BCUT2D eigenvalue weighted by Crippen LogP contribution is 2.27. The molecule has 0 saturated carbocycles. The summed E-state index contributed by atoms with van der Waals surface area (Å²) >= 11 is 3.48. The van der Waals surface area contributed by atoms with Crippen LogP contribution in [0.2, 0.25) is 0 Å². The summed E-state index contributed by atoms with van der Waals surface area (Å²) in [4.78, 5) is 25.0. The van der Waals surface area contributed by atoms with E-state index < -0.39 is 12.0 Å².